The van der Waals surface area contributed by atoms with Crippen molar-refractivity contribution in [3.8, 4) is 0 Å². The SMILES string of the molecule is CN(CC1CC2CCC1C2)c1ccc(C(=O)O)cc1Br. The van der Waals surface area contributed by atoms with Gasteiger partial charge in [0.15, 0.2) is 0 Å². The van der Waals surface area contributed by atoms with E-state index in [0.717, 1.165) is 34.5 Å². The van der Waals surface area contributed by atoms with Crippen molar-refractivity contribution in [3.63, 3.8) is 0 Å². The summed E-state index contributed by atoms with van der Waals surface area (Å²) in [5.74, 6) is 1.81. The van der Waals surface area contributed by atoms with Crippen molar-refractivity contribution < 1.29 is 9.90 Å². The summed E-state index contributed by atoms with van der Waals surface area (Å²) < 4.78 is 0.864. The van der Waals surface area contributed by atoms with Gasteiger partial charge in [0.1, 0.15) is 0 Å². The topological polar surface area (TPSA) is 40.5 Å². The summed E-state index contributed by atoms with van der Waals surface area (Å²) in [4.78, 5) is 13.2. The van der Waals surface area contributed by atoms with E-state index in [1.807, 2.05) is 6.07 Å². The highest BCUT2D eigenvalue weighted by Gasteiger charge is 2.39. The molecular formula is C16H20BrNO2. The fourth-order valence-electron chi connectivity index (χ4n) is 4.00. The first kappa shape index (κ1) is 13.9. The Balaban J connectivity index is 1.71. The van der Waals surface area contributed by atoms with Gasteiger partial charge in [-0.2, -0.15) is 0 Å². The lowest BCUT2D eigenvalue weighted by molar-refractivity contribution is 0.0697. The molecule has 2 aliphatic rings. The van der Waals surface area contributed by atoms with Crippen molar-refractivity contribution in [3.05, 3.63) is 28.2 Å². The van der Waals surface area contributed by atoms with Gasteiger partial charge in [0, 0.05) is 18.1 Å². The monoisotopic (exact) mass is 337 g/mol. The molecular weight excluding hydrogens is 318 g/mol. The van der Waals surface area contributed by atoms with E-state index in [-0.39, 0.29) is 0 Å². The molecule has 0 heterocycles. The van der Waals surface area contributed by atoms with Gasteiger partial charge in [-0.05, 0) is 71.1 Å². The van der Waals surface area contributed by atoms with E-state index in [4.69, 9.17) is 5.11 Å². The number of hydrogen-bond donors (Lipinski definition) is 1. The number of halogens is 1. The summed E-state index contributed by atoms with van der Waals surface area (Å²) in [6.07, 6.45) is 5.64. The molecule has 3 atom stereocenters. The molecule has 0 aliphatic heterocycles. The van der Waals surface area contributed by atoms with Crippen LogP contribution in [0.3, 0.4) is 0 Å². The maximum absolute atomic E-state index is 11.0. The minimum Gasteiger partial charge on any atom is -0.478 e. The molecule has 2 fully saturated rings. The van der Waals surface area contributed by atoms with Gasteiger partial charge < -0.3 is 10.0 Å². The lowest BCUT2D eigenvalue weighted by Gasteiger charge is -2.29. The number of carboxylic acids is 1. The Kier molecular flexibility index (Phi) is 3.76. The van der Waals surface area contributed by atoms with Crippen molar-refractivity contribution in [2.75, 3.05) is 18.5 Å². The van der Waals surface area contributed by atoms with E-state index in [2.05, 4.69) is 27.9 Å². The van der Waals surface area contributed by atoms with Gasteiger partial charge in [-0.1, -0.05) is 6.42 Å². The highest BCUT2D eigenvalue weighted by Crippen LogP contribution is 2.48. The maximum atomic E-state index is 11.0. The lowest BCUT2D eigenvalue weighted by Crippen LogP contribution is -2.28. The molecule has 1 N–H and O–H groups in total. The van der Waals surface area contributed by atoms with Gasteiger partial charge >= 0.3 is 5.97 Å². The van der Waals surface area contributed by atoms with Crippen LogP contribution in [0.5, 0.6) is 0 Å². The van der Waals surface area contributed by atoms with E-state index in [0.29, 0.717) is 5.56 Å². The van der Waals surface area contributed by atoms with Crippen LogP contribution in [0.2, 0.25) is 0 Å². The Morgan fingerprint density at radius 3 is 2.75 bits per heavy atom. The molecule has 108 valence electrons. The standard InChI is InChI=1S/C16H20BrNO2/c1-18(9-13-7-10-2-3-11(13)6-10)15-5-4-12(16(19)20)8-14(15)17/h4-5,8,10-11,13H,2-3,6-7,9H2,1H3,(H,19,20). The third kappa shape index (κ3) is 2.58. The summed E-state index contributed by atoms with van der Waals surface area (Å²) in [5.41, 5.74) is 1.41. The van der Waals surface area contributed by atoms with Crippen LogP contribution in [-0.2, 0) is 0 Å². The van der Waals surface area contributed by atoms with E-state index in [1.54, 1.807) is 12.1 Å². The normalized spacial score (nSPS) is 27.8. The number of fused-ring (bicyclic) bond motifs is 2. The van der Waals surface area contributed by atoms with Crippen LogP contribution in [0.4, 0.5) is 5.69 Å². The number of benzene rings is 1. The molecule has 0 amide bonds. The van der Waals surface area contributed by atoms with Gasteiger partial charge in [0.05, 0.1) is 11.3 Å². The van der Waals surface area contributed by atoms with Gasteiger partial charge in [0.25, 0.3) is 0 Å². The van der Waals surface area contributed by atoms with Crippen LogP contribution in [0.1, 0.15) is 36.0 Å². The molecule has 4 heteroatoms. The third-order valence-corrected chi connectivity index (χ3v) is 5.63. The van der Waals surface area contributed by atoms with Crippen molar-refractivity contribution in [2.24, 2.45) is 17.8 Å². The van der Waals surface area contributed by atoms with Crippen LogP contribution < -0.4 is 4.90 Å². The molecule has 1 aromatic carbocycles. The molecule has 3 unspecified atom stereocenters. The van der Waals surface area contributed by atoms with Gasteiger partial charge in [0.2, 0.25) is 0 Å². The molecule has 2 bridgehead atoms. The number of aromatic carboxylic acids is 1. The Morgan fingerprint density at radius 1 is 1.40 bits per heavy atom. The zero-order chi connectivity index (χ0) is 14.3. The van der Waals surface area contributed by atoms with Crippen molar-refractivity contribution >= 4 is 27.6 Å². The summed E-state index contributed by atoms with van der Waals surface area (Å²) in [6.45, 7) is 1.08. The Bertz CT molecular complexity index is 531. The van der Waals surface area contributed by atoms with Crippen molar-refractivity contribution in [1.82, 2.24) is 0 Å². The van der Waals surface area contributed by atoms with E-state index in [1.165, 1.54) is 25.7 Å². The molecule has 3 nitrogen and oxygen atoms in total. The van der Waals surface area contributed by atoms with Crippen LogP contribution >= 0.6 is 15.9 Å². The van der Waals surface area contributed by atoms with Gasteiger partial charge in [-0.15, -0.1) is 0 Å². The van der Waals surface area contributed by atoms with E-state index < -0.39 is 5.97 Å². The fraction of sp³-hybridized carbons (Fsp3) is 0.562. The molecule has 3 rings (SSSR count). The predicted octanol–water partition coefficient (Wildman–Crippen LogP) is 4.02. The Hall–Kier alpha value is -1.03. The summed E-state index contributed by atoms with van der Waals surface area (Å²) in [6, 6.07) is 5.27. The summed E-state index contributed by atoms with van der Waals surface area (Å²) >= 11 is 3.50. The van der Waals surface area contributed by atoms with Gasteiger partial charge in [-0.3, -0.25) is 0 Å². The van der Waals surface area contributed by atoms with Gasteiger partial charge in [-0.25, -0.2) is 4.79 Å². The third-order valence-electron chi connectivity index (χ3n) is 5.00. The Labute approximate surface area is 128 Å². The van der Waals surface area contributed by atoms with E-state index >= 15 is 0 Å². The largest absolute Gasteiger partial charge is 0.478 e. The van der Waals surface area contributed by atoms with Crippen LogP contribution in [0.15, 0.2) is 22.7 Å². The van der Waals surface area contributed by atoms with Crippen molar-refractivity contribution in [2.45, 2.75) is 25.7 Å². The van der Waals surface area contributed by atoms with Crippen LogP contribution in [0.25, 0.3) is 0 Å². The molecule has 0 saturated heterocycles. The molecule has 1 aromatic rings. The zero-order valence-corrected chi connectivity index (χ0v) is 13.3. The quantitative estimate of drug-likeness (QED) is 0.901. The number of carboxylic acid groups (broad SMARTS) is 1. The number of carbonyl (C=O) groups is 1. The minimum absolute atomic E-state index is 0.328. The molecule has 0 spiro atoms. The summed E-state index contributed by atoms with van der Waals surface area (Å²) in [5, 5.41) is 9.01. The predicted molar refractivity (Wildman–Crippen MR) is 83.3 cm³/mol. The van der Waals surface area contributed by atoms with Crippen molar-refractivity contribution in [1.29, 1.82) is 0 Å². The summed E-state index contributed by atoms with van der Waals surface area (Å²) in [7, 11) is 2.10. The highest BCUT2D eigenvalue weighted by molar-refractivity contribution is 9.10. The van der Waals surface area contributed by atoms with Crippen LogP contribution in [-0.4, -0.2) is 24.7 Å². The smallest absolute Gasteiger partial charge is 0.335 e. The second-order valence-electron chi connectivity index (χ2n) is 6.29. The Morgan fingerprint density at radius 2 is 2.20 bits per heavy atom. The highest BCUT2D eigenvalue weighted by atomic mass is 79.9. The fourth-order valence-corrected chi connectivity index (χ4v) is 4.68. The number of nitrogens with zero attached hydrogens (tertiary/aromatic N) is 1. The lowest BCUT2D eigenvalue weighted by atomic mass is 9.88. The first-order valence-electron chi connectivity index (χ1n) is 7.28. The molecule has 2 aliphatic carbocycles. The average Bonchev–Trinajstić information content (AvgIpc) is 3.00. The second-order valence-corrected chi connectivity index (χ2v) is 7.14. The molecule has 0 radical (unpaired) electrons. The molecule has 2 saturated carbocycles. The second kappa shape index (κ2) is 5.40. The minimum atomic E-state index is -0.881. The number of hydrogen-bond acceptors (Lipinski definition) is 2. The zero-order valence-electron chi connectivity index (χ0n) is 11.7. The number of anilines is 1. The first-order valence-corrected chi connectivity index (χ1v) is 8.08. The molecule has 20 heavy (non-hydrogen) atoms. The van der Waals surface area contributed by atoms with E-state index in [9.17, 15) is 4.79 Å². The van der Waals surface area contributed by atoms with Crippen LogP contribution in [0, 0.1) is 17.8 Å². The number of rotatable bonds is 4. The maximum Gasteiger partial charge on any atom is 0.335 e. The first-order chi connectivity index (χ1) is 9.54. The average molecular weight is 338 g/mol. The molecule has 0 aromatic heterocycles.